The summed E-state index contributed by atoms with van der Waals surface area (Å²) in [7, 11) is 1.73. The Labute approximate surface area is 151 Å². The Morgan fingerprint density at radius 3 is 2.82 bits per heavy atom. The van der Waals surface area contributed by atoms with Crippen LogP contribution in [0.25, 0.3) is 0 Å². The molecule has 0 fully saturated rings. The maximum Gasteiger partial charge on any atom is 0.228 e. The summed E-state index contributed by atoms with van der Waals surface area (Å²) in [5.74, 6) is 1.98. The molecule has 2 N–H and O–H groups in total. The first-order chi connectivity index (χ1) is 10.2. The first-order valence-electron chi connectivity index (χ1n) is 6.65. The second-order valence-corrected chi connectivity index (χ2v) is 4.90. The average molecular weight is 436 g/mol. The highest BCUT2D eigenvalue weighted by Gasteiger charge is 2.03. The van der Waals surface area contributed by atoms with Crippen LogP contribution in [0.2, 0.25) is 5.02 Å². The first kappa shape index (κ1) is 18.7. The van der Waals surface area contributed by atoms with E-state index in [-0.39, 0.29) is 24.0 Å². The topological polar surface area (TPSA) is 75.3 Å². The molecule has 0 atom stereocenters. The zero-order chi connectivity index (χ0) is 15.1. The highest BCUT2D eigenvalue weighted by molar-refractivity contribution is 14.0. The van der Waals surface area contributed by atoms with Crippen molar-refractivity contribution in [2.45, 2.75) is 19.9 Å². The van der Waals surface area contributed by atoms with Gasteiger partial charge in [-0.1, -0.05) is 28.9 Å². The van der Waals surface area contributed by atoms with Crippen LogP contribution in [0.5, 0.6) is 0 Å². The Morgan fingerprint density at radius 2 is 2.18 bits per heavy atom. The van der Waals surface area contributed by atoms with E-state index in [1.807, 2.05) is 24.3 Å². The molecule has 8 heteroatoms. The molecule has 120 valence electrons. The average Bonchev–Trinajstić information content (AvgIpc) is 2.88. The Bertz CT molecular complexity index is 617. The van der Waals surface area contributed by atoms with Gasteiger partial charge in [-0.15, -0.1) is 24.0 Å². The van der Waals surface area contributed by atoms with Gasteiger partial charge in [-0.2, -0.15) is 4.98 Å². The third-order valence-electron chi connectivity index (χ3n) is 2.77. The minimum Gasteiger partial charge on any atom is -0.356 e. The van der Waals surface area contributed by atoms with E-state index in [0.29, 0.717) is 37.2 Å². The van der Waals surface area contributed by atoms with Crippen LogP contribution in [0, 0.1) is 6.92 Å². The van der Waals surface area contributed by atoms with Crippen molar-refractivity contribution in [2.75, 3.05) is 13.6 Å². The molecule has 2 rings (SSSR count). The molecule has 0 bridgehead atoms. The van der Waals surface area contributed by atoms with Gasteiger partial charge in [0.1, 0.15) is 0 Å². The van der Waals surface area contributed by atoms with Crippen molar-refractivity contribution >= 4 is 41.5 Å². The Hall–Kier alpha value is -1.35. The fourth-order valence-electron chi connectivity index (χ4n) is 1.78. The zero-order valence-corrected chi connectivity index (χ0v) is 15.6. The van der Waals surface area contributed by atoms with E-state index in [1.54, 1.807) is 14.0 Å². The number of rotatable bonds is 5. The van der Waals surface area contributed by atoms with Crippen LogP contribution in [-0.4, -0.2) is 29.7 Å². The standard InChI is InChI=1S/C14H18ClN5O.HI/c1-10-19-13(21-20-10)6-7-17-14(16-2)18-9-11-4-3-5-12(15)8-11;/h3-5,8H,6-7,9H2,1-2H3,(H2,16,17,18);1H. The number of aliphatic imine (C=N–C) groups is 1. The predicted octanol–water partition coefficient (Wildman–Crippen LogP) is 2.56. The van der Waals surface area contributed by atoms with Gasteiger partial charge >= 0.3 is 0 Å². The highest BCUT2D eigenvalue weighted by atomic mass is 127. The molecule has 22 heavy (non-hydrogen) atoms. The molecule has 0 unspecified atom stereocenters. The van der Waals surface area contributed by atoms with Gasteiger partial charge in [-0.3, -0.25) is 4.99 Å². The van der Waals surface area contributed by atoms with E-state index in [0.717, 1.165) is 10.6 Å². The largest absolute Gasteiger partial charge is 0.356 e. The summed E-state index contributed by atoms with van der Waals surface area (Å²) in [6, 6.07) is 7.70. The lowest BCUT2D eigenvalue weighted by molar-refractivity contribution is 0.374. The smallest absolute Gasteiger partial charge is 0.228 e. The quantitative estimate of drug-likeness (QED) is 0.429. The van der Waals surface area contributed by atoms with Crippen molar-refractivity contribution in [1.29, 1.82) is 0 Å². The Balaban J connectivity index is 0.00000242. The molecule has 1 heterocycles. The third kappa shape index (κ3) is 6.18. The number of hydrogen-bond donors (Lipinski definition) is 2. The van der Waals surface area contributed by atoms with E-state index < -0.39 is 0 Å². The van der Waals surface area contributed by atoms with Crippen LogP contribution in [0.4, 0.5) is 0 Å². The Morgan fingerprint density at radius 1 is 1.36 bits per heavy atom. The zero-order valence-electron chi connectivity index (χ0n) is 12.5. The van der Waals surface area contributed by atoms with Crippen LogP contribution < -0.4 is 10.6 Å². The highest BCUT2D eigenvalue weighted by Crippen LogP contribution is 2.10. The molecule has 0 aliphatic heterocycles. The fraction of sp³-hybridized carbons (Fsp3) is 0.357. The molecule has 0 spiro atoms. The van der Waals surface area contributed by atoms with Gasteiger partial charge in [0.15, 0.2) is 11.8 Å². The molecular formula is C14H19ClIN5O. The summed E-state index contributed by atoms with van der Waals surface area (Å²) in [5, 5.41) is 10.9. The number of nitrogens with zero attached hydrogens (tertiary/aromatic N) is 3. The molecule has 1 aromatic heterocycles. The van der Waals surface area contributed by atoms with E-state index in [4.69, 9.17) is 16.1 Å². The fourth-order valence-corrected chi connectivity index (χ4v) is 2.00. The number of aryl methyl sites for hydroxylation is 1. The molecular weight excluding hydrogens is 417 g/mol. The number of guanidine groups is 1. The minimum absolute atomic E-state index is 0. The number of aromatic nitrogens is 2. The molecule has 0 radical (unpaired) electrons. The maximum atomic E-state index is 5.95. The number of benzene rings is 1. The van der Waals surface area contributed by atoms with Crippen LogP contribution in [0.15, 0.2) is 33.8 Å². The summed E-state index contributed by atoms with van der Waals surface area (Å²) in [6.07, 6.45) is 0.651. The van der Waals surface area contributed by atoms with Crippen LogP contribution in [0.1, 0.15) is 17.3 Å². The lowest BCUT2D eigenvalue weighted by atomic mass is 10.2. The van der Waals surface area contributed by atoms with Gasteiger partial charge in [0.25, 0.3) is 0 Å². The van der Waals surface area contributed by atoms with E-state index in [1.165, 1.54) is 0 Å². The van der Waals surface area contributed by atoms with Crippen LogP contribution in [-0.2, 0) is 13.0 Å². The second kappa shape index (κ2) is 9.62. The van der Waals surface area contributed by atoms with Gasteiger partial charge in [0.2, 0.25) is 5.89 Å². The monoisotopic (exact) mass is 435 g/mol. The van der Waals surface area contributed by atoms with Gasteiger partial charge in [-0.25, -0.2) is 0 Å². The molecule has 2 aromatic rings. The van der Waals surface area contributed by atoms with Crippen LogP contribution >= 0.6 is 35.6 Å². The molecule has 0 amide bonds. The van der Waals surface area contributed by atoms with Crippen molar-refractivity contribution in [1.82, 2.24) is 20.8 Å². The molecule has 0 saturated carbocycles. The lowest BCUT2D eigenvalue weighted by Gasteiger charge is -2.11. The number of halogens is 2. The summed E-state index contributed by atoms with van der Waals surface area (Å²) < 4.78 is 5.05. The number of nitrogens with one attached hydrogen (secondary N) is 2. The summed E-state index contributed by atoms with van der Waals surface area (Å²) in [6.45, 7) is 3.11. The summed E-state index contributed by atoms with van der Waals surface area (Å²) in [4.78, 5) is 8.30. The van der Waals surface area contributed by atoms with Crippen LogP contribution in [0.3, 0.4) is 0 Å². The normalized spacial score (nSPS) is 11.0. The molecule has 6 nitrogen and oxygen atoms in total. The predicted molar refractivity (Wildman–Crippen MR) is 97.8 cm³/mol. The van der Waals surface area contributed by atoms with Crippen molar-refractivity contribution in [2.24, 2.45) is 4.99 Å². The summed E-state index contributed by atoms with van der Waals surface area (Å²) in [5.41, 5.74) is 1.10. The minimum atomic E-state index is 0. The Kier molecular flexibility index (Phi) is 8.18. The first-order valence-corrected chi connectivity index (χ1v) is 7.03. The van der Waals surface area contributed by atoms with Gasteiger partial charge in [0.05, 0.1) is 0 Å². The lowest BCUT2D eigenvalue weighted by Crippen LogP contribution is -2.37. The maximum absolute atomic E-state index is 5.95. The van der Waals surface area contributed by atoms with E-state index in [2.05, 4.69) is 25.8 Å². The molecule has 0 aliphatic carbocycles. The molecule has 1 aromatic carbocycles. The van der Waals surface area contributed by atoms with Crippen molar-refractivity contribution in [3.05, 3.63) is 46.6 Å². The number of hydrogen-bond acceptors (Lipinski definition) is 4. The third-order valence-corrected chi connectivity index (χ3v) is 3.01. The molecule has 0 saturated heterocycles. The second-order valence-electron chi connectivity index (χ2n) is 4.47. The van der Waals surface area contributed by atoms with Crippen molar-refractivity contribution in [3.63, 3.8) is 0 Å². The van der Waals surface area contributed by atoms with Gasteiger partial charge in [0, 0.05) is 31.6 Å². The van der Waals surface area contributed by atoms with Gasteiger partial charge < -0.3 is 15.2 Å². The summed E-state index contributed by atoms with van der Waals surface area (Å²) >= 11 is 5.95. The van der Waals surface area contributed by atoms with E-state index in [9.17, 15) is 0 Å². The van der Waals surface area contributed by atoms with Crippen molar-refractivity contribution in [3.8, 4) is 0 Å². The van der Waals surface area contributed by atoms with Crippen molar-refractivity contribution < 1.29 is 4.52 Å². The molecule has 0 aliphatic rings. The SMILES string of the molecule is CN=C(NCCc1nc(C)no1)NCc1cccc(Cl)c1.I. The van der Waals surface area contributed by atoms with E-state index >= 15 is 0 Å². The van der Waals surface area contributed by atoms with Gasteiger partial charge in [-0.05, 0) is 24.6 Å².